The SMILES string of the molecule is O=C(O[C@@H]1[C@H](OC(=O)c2ccccc2)[C@@H]2C=C[C@H]1C2)c1ccccc1. The van der Waals surface area contributed by atoms with E-state index in [1.165, 1.54) is 0 Å². The van der Waals surface area contributed by atoms with Crippen LogP contribution in [0.25, 0.3) is 0 Å². The van der Waals surface area contributed by atoms with Gasteiger partial charge >= 0.3 is 11.9 Å². The highest BCUT2D eigenvalue weighted by molar-refractivity contribution is 5.90. The van der Waals surface area contributed by atoms with Gasteiger partial charge in [0.15, 0.2) is 0 Å². The van der Waals surface area contributed by atoms with Gasteiger partial charge in [0.25, 0.3) is 0 Å². The normalized spacial score (nSPS) is 26.4. The molecule has 0 amide bonds. The second-order valence-corrected chi connectivity index (χ2v) is 6.42. The molecule has 1 fully saturated rings. The van der Waals surface area contributed by atoms with E-state index in [-0.39, 0.29) is 23.8 Å². The number of hydrogen-bond acceptors (Lipinski definition) is 4. The maximum absolute atomic E-state index is 12.4. The third kappa shape index (κ3) is 3.07. The Morgan fingerprint density at radius 3 is 1.48 bits per heavy atom. The van der Waals surface area contributed by atoms with E-state index in [9.17, 15) is 9.59 Å². The summed E-state index contributed by atoms with van der Waals surface area (Å²) in [6, 6.07) is 17.8. The second-order valence-electron chi connectivity index (χ2n) is 6.42. The van der Waals surface area contributed by atoms with E-state index >= 15 is 0 Å². The van der Waals surface area contributed by atoms with E-state index in [0.29, 0.717) is 11.1 Å². The molecule has 1 saturated carbocycles. The molecule has 2 aliphatic carbocycles. The van der Waals surface area contributed by atoms with Crippen molar-refractivity contribution in [3.8, 4) is 0 Å². The standard InChI is InChI=1S/C21H18O4/c22-20(14-7-3-1-4-8-14)24-18-16-11-12-17(13-16)19(18)25-21(23)15-9-5-2-6-10-15/h1-12,16-19H,13H2/t16-,17+,18-,19+. The molecule has 0 radical (unpaired) electrons. The zero-order valence-corrected chi connectivity index (χ0v) is 13.6. The summed E-state index contributed by atoms with van der Waals surface area (Å²) in [5, 5.41) is 0. The molecule has 2 bridgehead atoms. The first kappa shape index (κ1) is 15.6. The number of carbonyl (C=O) groups is 2. The summed E-state index contributed by atoms with van der Waals surface area (Å²) in [6.07, 6.45) is 4.09. The predicted octanol–water partition coefficient (Wildman–Crippen LogP) is 3.64. The van der Waals surface area contributed by atoms with Gasteiger partial charge in [0.05, 0.1) is 11.1 Å². The summed E-state index contributed by atoms with van der Waals surface area (Å²) >= 11 is 0. The highest BCUT2D eigenvalue weighted by atomic mass is 16.6. The minimum absolute atomic E-state index is 0.103. The first-order valence-corrected chi connectivity index (χ1v) is 8.43. The Labute approximate surface area is 146 Å². The molecule has 126 valence electrons. The van der Waals surface area contributed by atoms with Crippen LogP contribution in [-0.4, -0.2) is 24.1 Å². The van der Waals surface area contributed by atoms with Crippen molar-refractivity contribution in [3.63, 3.8) is 0 Å². The van der Waals surface area contributed by atoms with Gasteiger partial charge in [0, 0.05) is 11.8 Å². The van der Waals surface area contributed by atoms with Crippen LogP contribution in [0, 0.1) is 11.8 Å². The van der Waals surface area contributed by atoms with Gasteiger partial charge in [0.2, 0.25) is 0 Å². The largest absolute Gasteiger partial charge is 0.454 e. The van der Waals surface area contributed by atoms with Crippen LogP contribution in [0.3, 0.4) is 0 Å². The molecule has 0 N–H and O–H groups in total. The molecule has 4 heteroatoms. The van der Waals surface area contributed by atoms with E-state index in [0.717, 1.165) is 6.42 Å². The molecule has 2 aliphatic rings. The van der Waals surface area contributed by atoms with Crippen LogP contribution in [-0.2, 0) is 9.47 Å². The van der Waals surface area contributed by atoms with Crippen molar-refractivity contribution in [2.45, 2.75) is 18.6 Å². The Hall–Kier alpha value is -2.88. The van der Waals surface area contributed by atoms with Gasteiger partial charge in [-0.2, -0.15) is 0 Å². The van der Waals surface area contributed by atoms with Crippen molar-refractivity contribution in [2.75, 3.05) is 0 Å². The molecule has 4 atom stereocenters. The van der Waals surface area contributed by atoms with Crippen molar-refractivity contribution in [2.24, 2.45) is 11.8 Å². The van der Waals surface area contributed by atoms with E-state index in [1.807, 2.05) is 12.1 Å². The van der Waals surface area contributed by atoms with E-state index < -0.39 is 12.2 Å². The minimum atomic E-state index is -0.435. The predicted molar refractivity (Wildman–Crippen MR) is 92.0 cm³/mol. The molecular formula is C21H18O4. The van der Waals surface area contributed by atoms with E-state index in [2.05, 4.69) is 12.2 Å². The topological polar surface area (TPSA) is 52.6 Å². The third-order valence-corrected chi connectivity index (χ3v) is 4.82. The average molecular weight is 334 g/mol. The zero-order valence-electron chi connectivity index (χ0n) is 13.6. The van der Waals surface area contributed by atoms with Crippen LogP contribution in [0.2, 0.25) is 0 Å². The summed E-state index contributed by atoms with van der Waals surface area (Å²) < 4.78 is 11.4. The molecule has 2 aromatic rings. The Morgan fingerprint density at radius 2 is 1.08 bits per heavy atom. The number of fused-ring (bicyclic) bond motifs is 2. The van der Waals surface area contributed by atoms with Crippen LogP contribution in [0.15, 0.2) is 72.8 Å². The zero-order chi connectivity index (χ0) is 17.2. The molecule has 0 aromatic heterocycles. The molecule has 25 heavy (non-hydrogen) atoms. The van der Waals surface area contributed by atoms with Crippen molar-refractivity contribution in [3.05, 3.63) is 83.9 Å². The summed E-state index contributed by atoms with van der Waals surface area (Å²) in [5.74, 6) is -0.558. The number of ether oxygens (including phenoxy) is 2. The van der Waals surface area contributed by atoms with Gasteiger partial charge in [-0.05, 0) is 30.7 Å². The summed E-state index contributed by atoms with van der Waals surface area (Å²) in [5.41, 5.74) is 1.00. The highest BCUT2D eigenvalue weighted by Gasteiger charge is 2.49. The number of hydrogen-bond donors (Lipinski definition) is 0. The van der Waals surface area contributed by atoms with Crippen molar-refractivity contribution < 1.29 is 19.1 Å². The van der Waals surface area contributed by atoms with Gasteiger partial charge < -0.3 is 9.47 Å². The lowest BCUT2D eigenvalue weighted by Crippen LogP contribution is -2.38. The van der Waals surface area contributed by atoms with Gasteiger partial charge in [-0.15, -0.1) is 0 Å². The van der Waals surface area contributed by atoms with E-state index in [4.69, 9.17) is 9.47 Å². The number of carbonyl (C=O) groups excluding carboxylic acids is 2. The molecular weight excluding hydrogens is 316 g/mol. The van der Waals surface area contributed by atoms with Gasteiger partial charge in [-0.3, -0.25) is 0 Å². The molecule has 0 saturated heterocycles. The van der Waals surface area contributed by atoms with Crippen LogP contribution in [0.5, 0.6) is 0 Å². The molecule has 0 spiro atoms. The molecule has 2 aromatic carbocycles. The van der Waals surface area contributed by atoms with Gasteiger partial charge in [-0.1, -0.05) is 48.6 Å². The quantitative estimate of drug-likeness (QED) is 0.633. The smallest absolute Gasteiger partial charge is 0.338 e. The third-order valence-electron chi connectivity index (χ3n) is 4.82. The Balaban J connectivity index is 1.50. The Kier molecular flexibility index (Phi) is 4.10. The first-order chi connectivity index (χ1) is 12.2. The summed E-state index contributed by atoms with van der Waals surface area (Å²) in [4.78, 5) is 24.8. The lowest BCUT2D eigenvalue weighted by molar-refractivity contribution is -0.0393. The minimum Gasteiger partial charge on any atom is -0.454 e. The average Bonchev–Trinajstić information content (AvgIpc) is 3.26. The van der Waals surface area contributed by atoms with E-state index in [1.54, 1.807) is 48.5 Å². The van der Waals surface area contributed by atoms with Crippen LogP contribution >= 0.6 is 0 Å². The monoisotopic (exact) mass is 334 g/mol. The molecule has 0 unspecified atom stereocenters. The van der Waals surface area contributed by atoms with Crippen molar-refractivity contribution in [1.29, 1.82) is 0 Å². The van der Waals surface area contributed by atoms with Gasteiger partial charge in [0.1, 0.15) is 12.2 Å². The number of rotatable bonds is 4. The maximum atomic E-state index is 12.4. The first-order valence-electron chi connectivity index (χ1n) is 8.43. The molecule has 0 aliphatic heterocycles. The lowest BCUT2D eigenvalue weighted by atomic mass is 10.0. The maximum Gasteiger partial charge on any atom is 0.338 e. The van der Waals surface area contributed by atoms with Crippen LogP contribution < -0.4 is 0 Å². The van der Waals surface area contributed by atoms with Crippen LogP contribution in [0.1, 0.15) is 27.1 Å². The fourth-order valence-electron chi connectivity index (χ4n) is 3.57. The van der Waals surface area contributed by atoms with Crippen LogP contribution in [0.4, 0.5) is 0 Å². The second kappa shape index (κ2) is 6.55. The number of esters is 2. The highest BCUT2D eigenvalue weighted by Crippen LogP contribution is 2.43. The molecule has 0 heterocycles. The Morgan fingerprint density at radius 1 is 0.680 bits per heavy atom. The van der Waals surface area contributed by atoms with Gasteiger partial charge in [-0.25, -0.2) is 9.59 Å². The summed E-state index contributed by atoms with van der Waals surface area (Å²) in [6.45, 7) is 0. The number of benzene rings is 2. The molecule has 4 nitrogen and oxygen atoms in total. The Bertz CT molecular complexity index is 730. The fraction of sp³-hybridized carbons (Fsp3) is 0.238. The van der Waals surface area contributed by atoms with Crippen molar-refractivity contribution >= 4 is 11.9 Å². The fourth-order valence-corrected chi connectivity index (χ4v) is 3.57. The van der Waals surface area contributed by atoms with Crippen molar-refractivity contribution in [1.82, 2.24) is 0 Å². The summed E-state index contributed by atoms with van der Waals surface area (Å²) in [7, 11) is 0. The molecule has 4 rings (SSSR count). The lowest BCUT2D eigenvalue weighted by Gasteiger charge is -2.27.